The van der Waals surface area contributed by atoms with Gasteiger partial charge in [-0.3, -0.25) is 0 Å². The van der Waals surface area contributed by atoms with Crippen LogP contribution in [0.2, 0.25) is 0 Å². The molecular weight excluding hydrogens is 240 g/mol. The number of hydrogen-bond acceptors (Lipinski definition) is 3. The monoisotopic (exact) mass is 266 g/mol. The smallest absolute Gasteiger partial charge is 0.410 e. The van der Waals surface area contributed by atoms with Crippen molar-refractivity contribution in [3.63, 3.8) is 0 Å². The van der Waals surface area contributed by atoms with E-state index in [4.69, 9.17) is 4.74 Å². The molecule has 3 aliphatic rings. The maximum atomic E-state index is 12.5. The summed E-state index contributed by atoms with van der Waals surface area (Å²) in [5, 5.41) is 3.65. The highest BCUT2D eigenvalue weighted by Crippen LogP contribution is 2.51. The van der Waals surface area contributed by atoms with Gasteiger partial charge in [0.2, 0.25) is 0 Å². The van der Waals surface area contributed by atoms with Gasteiger partial charge in [-0.15, -0.1) is 0 Å². The highest BCUT2D eigenvalue weighted by Gasteiger charge is 2.59. The van der Waals surface area contributed by atoms with Crippen molar-refractivity contribution in [1.29, 1.82) is 0 Å². The van der Waals surface area contributed by atoms with Crippen molar-refractivity contribution in [2.24, 2.45) is 5.41 Å². The molecule has 1 amide bonds. The molecule has 2 bridgehead atoms. The summed E-state index contributed by atoms with van der Waals surface area (Å²) in [6, 6.07) is 1.26. The Balaban J connectivity index is 1.85. The fraction of sp³-hybridized carbons (Fsp3) is 0.933. The van der Waals surface area contributed by atoms with E-state index in [1.807, 2.05) is 20.8 Å². The first-order valence-electron chi connectivity index (χ1n) is 7.56. The number of rotatable bonds is 0. The van der Waals surface area contributed by atoms with Crippen molar-refractivity contribution in [2.75, 3.05) is 6.54 Å². The highest BCUT2D eigenvalue weighted by atomic mass is 16.6. The minimum Gasteiger partial charge on any atom is -0.444 e. The summed E-state index contributed by atoms with van der Waals surface area (Å²) in [5.74, 6) is 0. The Morgan fingerprint density at radius 3 is 2.79 bits per heavy atom. The zero-order chi connectivity index (χ0) is 13.8. The van der Waals surface area contributed by atoms with Gasteiger partial charge in [-0.25, -0.2) is 4.79 Å². The number of nitrogens with one attached hydrogen (secondary N) is 1. The van der Waals surface area contributed by atoms with Gasteiger partial charge in [0.15, 0.2) is 0 Å². The van der Waals surface area contributed by atoms with E-state index in [2.05, 4.69) is 17.1 Å². The number of likely N-dealkylation sites (tertiary alicyclic amines) is 1. The van der Waals surface area contributed by atoms with E-state index in [-0.39, 0.29) is 11.5 Å². The van der Waals surface area contributed by atoms with Crippen LogP contribution in [-0.4, -0.2) is 41.3 Å². The predicted molar refractivity (Wildman–Crippen MR) is 74.0 cm³/mol. The van der Waals surface area contributed by atoms with E-state index in [9.17, 15) is 4.79 Å². The van der Waals surface area contributed by atoms with E-state index in [0.717, 1.165) is 19.4 Å². The highest BCUT2D eigenvalue weighted by molar-refractivity contribution is 5.70. The summed E-state index contributed by atoms with van der Waals surface area (Å²) in [6.45, 7) is 9.10. The molecule has 108 valence electrons. The lowest BCUT2D eigenvalue weighted by molar-refractivity contribution is 0.00785. The Morgan fingerprint density at radius 2 is 2.11 bits per heavy atom. The molecule has 1 N–H and O–H groups in total. The fourth-order valence-electron chi connectivity index (χ4n) is 4.38. The molecule has 3 rings (SSSR count). The van der Waals surface area contributed by atoms with Crippen molar-refractivity contribution in [3.8, 4) is 0 Å². The van der Waals surface area contributed by atoms with Crippen molar-refractivity contribution < 1.29 is 9.53 Å². The average Bonchev–Trinajstić information content (AvgIpc) is 2.56. The summed E-state index contributed by atoms with van der Waals surface area (Å²) in [6.07, 6.45) is 4.61. The molecule has 0 unspecified atom stereocenters. The quantitative estimate of drug-likeness (QED) is 0.732. The number of carbonyl (C=O) groups excluding carboxylic acids is 1. The lowest BCUT2D eigenvalue weighted by atomic mass is 9.66. The van der Waals surface area contributed by atoms with Crippen LogP contribution in [0, 0.1) is 5.41 Å². The number of piperidine rings is 1. The zero-order valence-corrected chi connectivity index (χ0v) is 12.5. The van der Waals surface area contributed by atoms with Gasteiger partial charge in [0, 0.05) is 30.1 Å². The van der Waals surface area contributed by atoms with Gasteiger partial charge < -0.3 is 15.0 Å². The lowest BCUT2D eigenvalue weighted by Gasteiger charge is -2.45. The number of hydrogen-bond donors (Lipinski definition) is 1. The Kier molecular flexibility index (Phi) is 2.86. The third-order valence-corrected chi connectivity index (χ3v) is 5.14. The van der Waals surface area contributed by atoms with Crippen molar-refractivity contribution in [1.82, 2.24) is 10.2 Å². The van der Waals surface area contributed by atoms with Crippen LogP contribution in [0.1, 0.15) is 53.4 Å². The molecule has 3 fully saturated rings. The van der Waals surface area contributed by atoms with Crippen LogP contribution in [0.4, 0.5) is 4.79 Å². The van der Waals surface area contributed by atoms with Crippen molar-refractivity contribution >= 4 is 6.09 Å². The van der Waals surface area contributed by atoms with Gasteiger partial charge in [-0.05, 0) is 46.5 Å². The minimum atomic E-state index is -0.407. The van der Waals surface area contributed by atoms with Crippen LogP contribution < -0.4 is 5.32 Å². The van der Waals surface area contributed by atoms with Gasteiger partial charge >= 0.3 is 6.09 Å². The molecule has 4 nitrogen and oxygen atoms in total. The predicted octanol–water partition coefficient (Wildman–Crippen LogP) is 2.53. The molecule has 0 aromatic carbocycles. The first-order chi connectivity index (χ1) is 8.81. The number of nitrogens with zero attached hydrogens (tertiary/aromatic N) is 1. The van der Waals surface area contributed by atoms with E-state index in [1.54, 1.807) is 0 Å². The van der Waals surface area contributed by atoms with Crippen LogP contribution in [-0.2, 0) is 4.74 Å². The topological polar surface area (TPSA) is 41.6 Å². The summed E-state index contributed by atoms with van der Waals surface area (Å²) >= 11 is 0. The molecule has 1 saturated carbocycles. The van der Waals surface area contributed by atoms with Crippen molar-refractivity contribution in [2.45, 2.75) is 77.1 Å². The Morgan fingerprint density at radius 1 is 1.37 bits per heavy atom. The summed E-state index contributed by atoms with van der Waals surface area (Å²) in [7, 11) is 0. The molecule has 0 aromatic heterocycles. The van der Waals surface area contributed by atoms with Crippen LogP contribution in [0.15, 0.2) is 0 Å². The van der Waals surface area contributed by atoms with Crippen molar-refractivity contribution in [3.05, 3.63) is 0 Å². The van der Waals surface area contributed by atoms with Gasteiger partial charge in [-0.1, -0.05) is 6.92 Å². The van der Waals surface area contributed by atoms with Gasteiger partial charge in [0.05, 0.1) is 0 Å². The SMILES string of the molecule is CC(C)(C)OC(=O)N1[C@@H]2CN[C@@H]3CCC[C@H]1[C@]3(C)C2. The number of fused-ring (bicyclic) bond motifs is 1. The second-order valence-electron chi connectivity index (χ2n) is 7.66. The molecule has 2 aliphatic heterocycles. The second-order valence-corrected chi connectivity index (χ2v) is 7.66. The molecule has 4 heteroatoms. The minimum absolute atomic E-state index is 0.115. The van der Waals surface area contributed by atoms with E-state index in [1.165, 1.54) is 12.8 Å². The second kappa shape index (κ2) is 4.11. The Bertz CT molecular complexity index is 390. The number of amides is 1. The number of ether oxygens (including phenoxy) is 1. The third kappa shape index (κ3) is 2.04. The van der Waals surface area contributed by atoms with Crippen LogP contribution in [0.3, 0.4) is 0 Å². The Hall–Kier alpha value is -0.770. The molecule has 0 aromatic rings. The van der Waals surface area contributed by atoms with E-state index >= 15 is 0 Å². The standard InChI is InChI=1S/C15H26N2O2/c1-14(2,3)19-13(18)17-10-8-15(4)11(16-9-10)6-5-7-12(15)17/h10-12,16H,5-9H2,1-4H3/t10-,11+,12-,15+/m0/s1. The molecule has 19 heavy (non-hydrogen) atoms. The molecule has 2 heterocycles. The Labute approximate surface area is 115 Å². The molecule has 2 saturated heterocycles. The largest absolute Gasteiger partial charge is 0.444 e. The van der Waals surface area contributed by atoms with Gasteiger partial charge in [-0.2, -0.15) is 0 Å². The van der Waals surface area contributed by atoms with Crippen LogP contribution >= 0.6 is 0 Å². The third-order valence-electron chi connectivity index (χ3n) is 5.14. The summed E-state index contributed by atoms with van der Waals surface area (Å²) < 4.78 is 5.63. The molecule has 4 atom stereocenters. The van der Waals surface area contributed by atoms with Gasteiger partial charge in [0.25, 0.3) is 0 Å². The summed E-state index contributed by atoms with van der Waals surface area (Å²) in [4.78, 5) is 14.6. The number of carbonyl (C=O) groups is 1. The zero-order valence-electron chi connectivity index (χ0n) is 12.5. The van der Waals surface area contributed by atoms with Crippen LogP contribution in [0.25, 0.3) is 0 Å². The first kappa shape index (κ1) is 13.2. The first-order valence-corrected chi connectivity index (χ1v) is 7.56. The lowest BCUT2D eigenvalue weighted by Crippen LogP contribution is -2.54. The summed E-state index contributed by atoms with van der Waals surface area (Å²) in [5.41, 5.74) is -0.158. The average molecular weight is 266 g/mol. The van der Waals surface area contributed by atoms with Gasteiger partial charge in [0.1, 0.15) is 5.60 Å². The molecule has 0 radical (unpaired) electrons. The van der Waals surface area contributed by atoms with E-state index < -0.39 is 5.60 Å². The molecule has 1 aliphatic carbocycles. The maximum absolute atomic E-state index is 12.5. The fourth-order valence-corrected chi connectivity index (χ4v) is 4.38. The molecule has 0 spiro atoms. The van der Waals surface area contributed by atoms with E-state index in [0.29, 0.717) is 18.1 Å². The molecular formula is C15H26N2O2. The maximum Gasteiger partial charge on any atom is 0.410 e. The van der Waals surface area contributed by atoms with Crippen LogP contribution in [0.5, 0.6) is 0 Å². The normalized spacial score (nSPS) is 41.3.